The zero-order valence-electron chi connectivity index (χ0n) is 21.1. The van der Waals surface area contributed by atoms with Crippen LogP contribution in [0.2, 0.25) is 0 Å². The molecule has 4 aromatic carbocycles. The lowest BCUT2D eigenvalue weighted by atomic mass is 9.93. The second-order valence-electron chi connectivity index (χ2n) is 8.67. The summed E-state index contributed by atoms with van der Waals surface area (Å²) in [7, 11) is 0. The highest BCUT2D eigenvalue weighted by Gasteiger charge is 2.25. The molecule has 5 heteroatoms. The minimum atomic E-state index is -0.414. The molecule has 39 heavy (non-hydrogen) atoms. The lowest BCUT2D eigenvalue weighted by molar-refractivity contribution is -0.145. The number of carbonyl (C=O) groups excluding carboxylic acids is 1. The third-order valence-electron chi connectivity index (χ3n) is 6.24. The molecule has 5 rings (SSSR count). The fourth-order valence-corrected chi connectivity index (χ4v) is 4.57. The van der Waals surface area contributed by atoms with Gasteiger partial charge in [0.25, 0.3) is 0 Å². The van der Waals surface area contributed by atoms with Gasteiger partial charge in [0.2, 0.25) is 0 Å². The molecule has 1 N–H and O–H groups in total. The van der Waals surface area contributed by atoms with E-state index < -0.39 is 5.97 Å². The summed E-state index contributed by atoms with van der Waals surface area (Å²) in [6, 6.07) is 35.4. The molecule has 1 aromatic heterocycles. The molecule has 0 bridgehead atoms. The molecular weight excluding hydrogens is 488 g/mol. The predicted molar refractivity (Wildman–Crippen MR) is 155 cm³/mol. The van der Waals surface area contributed by atoms with E-state index in [2.05, 4.69) is 0 Å². The first-order valence-corrected chi connectivity index (χ1v) is 12.5. The van der Waals surface area contributed by atoms with E-state index in [9.17, 15) is 9.90 Å². The smallest absolute Gasteiger partial charge is 0.344 e. The predicted octanol–water partition coefficient (Wildman–Crippen LogP) is 8.02. The highest BCUT2D eigenvalue weighted by atomic mass is 16.6. The first-order chi connectivity index (χ1) is 18.7. The van der Waals surface area contributed by atoms with E-state index in [0.29, 0.717) is 23.9 Å². The van der Waals surface area contributed by atoms with Gasteiger partial charge in [-0.05, 0) is 35.7 Å². The van der Waals surface area contributed by atoms with Crippen LogP contribution in [-0.4, -0.2) is 24.3 Å². The van der Waals surface area contributed by atoms with Gasteiger partial charge in [-0.25, -0.2) is 4.79 Å². The molecule has 0 fully saturated rings. The van der Waals surface area contributed by atoms with Crippen LogP contribution in [0.3, 0.4) is 0 Å². The van der Waals surface area contributed by atoms with Crippen LogP contribution in [0.15, 0.2) is 114 Å². The van der Waals surface area contributed by atoms with Crippen molar-refractivity contribution in [3.63, 3.8) is 0 Å². The fraction of sp³-hybridized carbons (Fsp3) is 0.147. The van der Waals surface area contributed by atoms with Crippen LogP contribution in [-0.2, 0) is 16.1 Å². The van der Waals surface area contributed by atoms with E-state index in [-0.39, 0.29) is 20.6 Å². The number of carbonyl (C=O) groups is 1. The summed E-state index contributed by atoms with van der Waals surface area (Å²) in [6.07, 6.45) is 0. The van der Waals surface area contributed by atoms with Crippen molar-refractivity contribution in [3.8, 4) is 50.7 Å². The number of esters is 1. The molecule has 0 aliphatic heterocycles. The van der Waals surface area contributed by atoms with Gasteiger partial charge in [-0.15, -0.1) is 0 Å². The summed E-state index contributed by atoms with van der Waals surface area (Å²) in [4.78, 5) is 11.8. The van der Waals surface area contributed by atoms with Crippen LogP contribution in [0.5, 0.6) is 5.75 Å². The van der Waals surface area contributed by atoms with Gasteiger partial charge in [0, 0.05) is 22.3 Å². The van der Waals surface area contributed by atoms with Crippen molar-refractivity contribution < 1.29 is 23.8 Å². The van der Waals surface area contributed by atoms with Crippen LogP contribution >= 0.6 is 0 Å². The van der Waals surface area contributed by atoms with Gasteiger partial charge in [-0.1, -0.05) is 104 Å². The third-order valence-corrected chi connectivity index (χ3v) is 6.24. The zero-order valence-corrected chi connectivity index (χ0v) is 21.1. The molecule has 5 aromatic rings. The minimum Gasteiger partial charge on any atom is -0.482 e. The highest BCUT2D eigenvalue weighted by molar-refractivity contribution is 5.91. The molecular formula is C34H32O5. The largest absolute Gasteiger partial charge is 0.482 e. The maximum atomic E-state index is 11.8. The number of ether oxygens (including phenoxy) is 2. The van der Waals surface area contributed by atoms with Gasteiger partial charge in [0.15, 0.2) is 6.61 Å². The lowest BCUT2D eigenvalue weighted by Crippen LogP contribution is -2.14. The molecule has 0 amide bonds. The Morgan fingerprint density at radius 2 is 1.36 bits per heavy atom. The van der Waals surface area contributed by atoms with E-state index in [1.165, 1.54) is 0 Å². The van der Waals surface area contributed by atoms with Gasteiger partial charge in [-0.3, -0.25) is 0 Å². The summed E-state index contributed by atoms with van der Waals surface area (Å²) >= 11 is 0. The van der Waals surface area contributed by atoms with E-state index in [4.69, 9.17) is 13.9 Å². The topological polar surface area (TPSA) is 68.9 Å². The molecule has 0 spiro atoms. The standard InChI is InChI=1S/C33H28O5.CH4/c1-2-36-30(35)22-37-26-17-11-16-25(20-26)27-18-9-10-19-28(27)33-29(21-34)31(23-12-5-3-6-13-23)32(38-33)24-14-7-4-8-15-24;/h3-20,34H,2,21-22H2,1H3;1H4. The van der Waals surface area contributed by atoms with E-state index >= 15 is 0 Å². The average molecular weight is 521 g/mol. The van der Waals surface area contributed by atoms with Gasteiger partial charge < -0.3 is 19.0 Å². The van der Waals surface area contributed by atoms with Crippen molar-refractivity contribution in [2.45, 2.75) is 21.0 Å². The molecule has 1 heterocycles. The Morgan fingerprint density at radius 3 is 2.03 bits per heavy atom. The summed E-state index contributed by atoms with van der Waals surface area (Å²) in [5.74, 6) is 1.46. The van der Waals surface area contributed by atoms with Crippen LogP contribution in [0.1, 0.15) is 19.9 Å². The van der Waals surface area contributed by atoms with Gasteiger partial charge in [-0.2, -0.15) is 0 Å². The first-order valence-electron chi connectivity index (χ1n) is 12.5. The molecule has 5 nitrogen and oxygen atoms in total. The van der Waals surface area contributed by atoms with Crippen LogP contribution in [0.4, 0.5) is 0 Å². The summed E-state index contributed by atoms with van der Waals surface area (Å²) in [5, 5.41) is 10.6. The molecule has 0 atom stereocenters. The second-order valence-corrected chi connectivity index (χ2v) is 8.67. The molecule has 0 saturated carbocycles. The van der Waals surface area contributed by atoms with Gasteiger partial charge in [0.05, 0.1) is 13.2 Å². The number of aliphatic hydroxyl groups excluding tert-OH is 1. The number of furan rings is 1. The molecule has 0 aliphatic carbocycles. The van der Waals surface area contributed by atoms with E-state index in [0.717, 1.165) is 38.9 Å². The molecule has 0 aliphatic rings. The normalized spacial score (nSPS) is 10.5. The van der Waals surface area contributed by atoms with Crippen molar-refractivity contribution in [1.82, 2.24) is 0 Å². The van der Waals surface area contributed by atoms with Crippen LogP contribution in [0.25, 0.3) is 44.9 Å². The summed E-state index contributed by atoms with van der Waals surface area (Å²) in [6.45, 7) is 1.72. The lowest BCUT2D eigenvalue weighted by Gasteiger charge is -2.12. The Labute approximate surface area is 229 Å². The third kappa shape index (κ3) is 5.95. The van der Waals surface area contributed by atoms with Crippen LogP contribution in [0, 0.1) is 0 Å². The van der Waals surface area contributed by atoms with Crippen LogP contribution < -0.4 is 4.74 Å². The Bertz CT molecular complexity index is 1520. The quantitative estimate of drug-likeness (QED) is 0.199. The SMILES string of the molecule is C.CCOC(=O)COc1cccc(-c2ccccc2-c2oc(-c3ccccc3)c(-c3ccccc3)c2CO)c1. The molecule has 0 saturated heterocycles. The van der Waals surface area contributed by atoms with Crippen molar-refractivity contribution in [2.75, 3.05) is 13.2 Å². The Morgan fingerprint density at radius 1 is 0.744 bits per heavy atom. The number of aliphatic hydroxyl groups is 1. The van der Waals surface area contributed by atoms with Crippen molar-refractivity contribution >= 4 is 5.97 Å². The van der Waals surface area contributed by atoms with Crippen molar-refractivity contribution in [3.05, 3.63) is 115 Å². The summed E-state index contributed by atoms with van der Waals surface area (Å²) in [5.41, 5.74) is 6.14. The Kier molecular flexibility index (Phi) is 8.97. The average Bonchev–Trinajstić information content (AvgIpc) is 3.37. The van der Waals surface area contributed by atoms with Gasteiger partial charge >= 0.3 is 5.97 Å². The van der Waals surface area contributed by atoms with Crippen molar-refractivity contribution in [1.29, 1.82) is 0 Å². The van der Waals surface area contributed by atoms with E-state index in [1.54, 1.807) is 13.0 Å². The van der Waals surface area contributed by atoms with Crippen molar-refractivity contribution in [2.24, 2.45) is 0 Å². The number of hydrogen-bond donors (Lipinski definition) is 1. The zero-order chi connectivity index (χ0) is 26.3. The molecule has 0 radical (unpaired) electrons. The second kappa shape index (κ2) is 12.8. The maximum Gasteiger partial charge on any atom is 0.344 e. The van der Waals surface area contributed by atoms with Gasteiger partial charge in [0.1, 0.15) is 17.3 Å². The maximum absolute atomic E-state index is 11.8. The number of rotatable bonds is 9. The minimum absolute atomic E-state index is 0. The fourth-order valence-electron chi connectivity index (χ4n) is 4.57. The Balaban J connectivity index is 0.00000353. The van der Waals surface area contributed by atoms with E-state index in [1.807, 2.05) is 103 Å². The molecule has 198 valence electrons. The number of benzene rings is 4. The summed E-state index contributed by atoms with van der Waals surface area (Å²) < 4.78 is 17.3. The first kappa shape index (κ1) is 27.4. The number of hydrogen-bond acceptors (Lipinski definition) is 5. The molecule has 0 unspecified atom stereocenters. The monoisotopic (exact) mass is 520 g/mol. The highest BCUT2D eigenvalue weighted by Crippen LogP contribution is 2.45. The Hall–Kier alpha value is -4.61.